The Balaban J connectivity index is 1.95. The molecule has 2 rings (SSSR count). The lowest BCUT2D eigenvalue weighted by molar-refractivity contribution is 0.411. The van der Waals surface area contributed by atoms with E-state index in [-0.39, 0.29) is 0 Å². The van der Waals surface area contributed by atoms with Gasteiger partial charge in [0.25, 0.3) is 0 Å². The van der Waals surface area contributed by atoms with Crippen LogP contribution in [0.5, 0.6) is 11.5 Å². The third-order valence-electron chi connectivity index (χ3n) is 7.95. The van der Waals surface area contributed by atoms with Crippen LogP contribution in [0.1, 0.15) is 72.2 Å². The molecule has 0 unspecified atom stereocenters. The van der Waals surface area contributed by atoms with Crippen molar-refractivity contribution >= 4 is 12.2 Å². The van der Waals surface area contributed by atoms with Gasteiger partial charge in [0.2, 0.25) is 0 Å². The fourth-order valence-corrected chi connectivity index (χ4v) is 4.84. The predicted octanol–water partition coefficient (Wildman–Crippen LogP) is 11.7. The number of allylic oxidation sites excluding steroid dienone is 16. The highest BCUT2D eigenvalue weighted by molar-refractivity contribution is 5.65. The largest absolute Gasteiger partial charge is 0.496 e. The minimum Gasteiger partial charge on any atom is -0.496 e. The fraction of sp³-hybridized carbons (Fsp3) is 0.286. The van der Waals surface area contributed by atoms with Gasteiger partial charge in [-0.3, -0.25) is 0 Å². The second-order valence-electron chi connectivity index (χ2n) is 11.5. The number of methoxy groups -OCH3 is 2. The molecule has 0 bridgehead atoms. The maximum absolute atomic E-state index is 5.50. The van der Waals surface area contributed by atoms with Gasteiger partial charge in [-0.25, -0.2) is 0 Å². The maximum atomic E-state index is 5.50. The third kappa shape index (κ3) is 10.8. The molecule has 2 nitrogen and oxygen atoms in total. The first-order valence-electron chi connectivity index (χ1n) is 15.3. The molecule has 0 N–H and O–H groups in total. The molecule has 0 atom stereocenters. The Morgan fingerprint density at radius 2 is 0.773 bits per heavy atom. The standard InChI is InChI=1S/C42H52O2/c1-29(19-15-21-31(3)23-25-39-33(5)27-41(43-11)37(9)35(39)7)17-13-14-18-30(2)20-16-22-32(4)24-26-40-34(6)28-42(44-12)38(10)36(40)8/h13-28H,1-12H3. The van der Waals surface area contributed by atoms with Crippen molar-refractivity contribution in [2.75, 3.05) is 14.2 Å². The van der Waals surface area contributed by atoms with E-state index in [1.54, 1.807) is 14.2 Å². The van der Waals surface area contributed by atoms with E-state index in [9.17, 15) is 0 Å². The Labute approximate surface area is 267 Å². The minimum absolute atomic E-state index is 0.948. The van der Waals surface area contributed by atoms with Gasteiger partial charge in [0, 0.05) is 0 Å². The number of hydrogen-bond acceptors (Lipinski definition) is 2. The van der Waals surface area contributed by atoms with E-state index in [0.717, 1.165) is 11.5 Å². The molecular weight excluding hydrogens is 536 g/mol. The van der Waals surface area contributed by atoms with Crippen molar-refractivity contribution in [3.05, 3.63) is 152 Å². The van der Waals surface area contributed by atoms with E-state index in [0.29, 0.717) is 0 Å². The summed E-state index contributed by atoms with van der Waals surface area (Å²) in [7, 11) is 3.45. The minimum atomic E-state index is 0.948. The van der Waals surface area contributed by atoms with Crippen molar-refractivity contribution in [1.29, 1.82) is 0 Å². The predicted molar refractivity (Wildman–Crippen MR) is 195 cm³/mol. The maximum Gasteiger partial charge on any atom is 0.122 e. The van der Waals surface area contributed by atoms with Crippen LogP contribution in [0.3, 0.4) is 0 Å². The number of benzene rings is 2. The molecule has 0 saturated carbocycles. The second-order valence-corrected chi connectivity index (χ2v) is 11.5. The fourth-order valence-electron chi connectivity index (χ4n) is 4.84. The molecule has 0 aromatic heterocycles. The molecule has 0 radical (unpaired) electrons. The summed E-state index contributed by atoms with van der Waals surface area (Å²) in [6, 6.07) is 4.22. The average molecular weight is 589 g/mol. The molecule has 0 saturated heterocycles. The summed E-state index contributed by atoms with van der Waals surface area (Å²) in [5.74, 6) is 1.90. The first-order chi connectivity index (χ1) is 20.9. The summed E-state index contributed by atoms with van der Waals surface area (Å²) in [5, 5.41) is 0. The van der Waals surface area contributed by atoms with Crippen LogP contribution in [0.4, 0.5) is 0 Å². The number of hydrogen-bond donors (Lipinski definition) is 0. The number of rotatable bonds is 12. The van der Waals surface area contributed by atoms with Crippen molar-refractivity contribution in [3.8, 4) is 11.5 Å². The van der Waals surface area contributed by atoms with Gasteiger partial charge in [0.15, 0.2) is 0 Å². The van der Waals surface area contributed by atoms with Gasteiger partial charge < -0.3 is 9.47 Å². The van der Waals surface area contributed by atoms with Gasteiger partial charge in [-0.1, -0.05) is 107 Å². The summed E-state index contributed by atoms with van der Waals surface area (Å²) < 4.78 is 11.0. The van der Waals surface area contributed by atoms with E-state index >= 15 is 0 Å². The smallest absolute Gasteiger partial charge is 0.122 e. The number of aryl methyl sites for hydroxylation is 2. The molecule has 0 amide bonds. The normalized spacial score (nSPS) is 14.0. The average Bonchev–Trinajstić information content (AvgIpc) is 2.98. The van der Waals surface area contributed by atoms with E-state index in [1.165, 1.54) is 66.8 Å². The molecule has 2 heteroatoms. The van der Waals surface area contributed by atoms with Crippen molar-refractivity contribution in [3.63, 3.8) is 0 Å². The molecule has 44 heavy (non-hydrogen) atoms. The molecule has 0 aliphatic heterocycles. The molecule has 2 aromatic carbocycles. The third-order valence-corrected chi connectivity index (χ3v) is 7.95. The highest BCUT2D eigenvalue weighted by atomic mass is 16.5. The monoisotopic (exact) mass is 588 g/mol. The Hall–Kier alpha value is -4.30. The SMILES string of the molecule is COc1cc(C)c(C=CC(C)=CC=CC(C)=CC=CC=C(C)C=CC=C(C)C=Cc2c(C)cc(OC)c(C)c2C)c(C)c1C. The lowest BCUT2D eigenvalue weighted by Crippen LogP contribution is -1.95. The van der Waals surface area contributed by atoms with Crippen LogP contribution >= 0.6 is 0 Å². The van der Waals surface area contributed by atoms with Crippen LogP contribution in [-0.4, -0.2) is 14.2 Å². The van der Waals surface area contributed by atoms with Crippen molar-refractivity contribution in [2.24, 2.45) is 0 Å². The van der Waals surface area contributed by atoms with Crippen molar-refractivity contribution < 1.29 is 9.47 Å². The van der Waals surface area contributed by atoms with Gasteiger partial charge >= 0.3 is 0 Å². The summed E-state index contributed by atoms with van der Waals surface area (Å²) >= 11 is 0. The highest BCUT2D eigenvalue weighted by Gasteiger charge is 2.09. The van der Waals surface area contributed by atoms with E-state index < -0.39 is 0 Å². The summed E-state index contributed by atoms with van der Waals surface area (Å²) in [5.41, 5.74) is 14.6. The molecular formula is C42H52O2. The second kappa shape index (κ2) is 17.7. The lowest BCUT2D eigenvalue weighted by atomic mass is 9.96. The van der Waals surface area contributed by atoms with Crippen LogP contribution in [0.2, 0.25) is 0 Å². The summed E-state index contributed by atoms with van der Waals surface area (Å²) in [4.78, 5) is 0. The number of ether oxygens (including phenoxy) is 2. The van der Waals surface area contributed by atoms with Gasteiger partial charge in [-0.15, -0.1) is 0 Å². The molecule has 2 aromatic rings. The Morgan fingerprint density at radius 3 is 1.11 bits per heavy atom. The van der Waals surface area contributed by atoms with Crippen LogP contribution in [0.25, 0.3) is 12.2 Å². The zero-order valence-electron chi connectivity index (χ0n) is 29.1. The first kappa shape index (κ1) is 35.9. The van der Waals surface area contributed by atoms with Gasteiger partial charge in [-0.2, -0.15) is 0 Å². The lowest BCUT2D eigenvalue weighted by Gasteiger charge is -2.13. The molecule has 0 heterocycles. The zero-order chi connectivity index (χ0) is 32.8. The van der Waals surface area contributed by atoms with Crippen LogP contribution in [0, 0.1) is 41.5 Å². The quantitative estimate of drug-likeness (QED) is 0.230. The molecule has 0 fully saturated rings. The first-order valence-corrected chi connectivity index (χ1v) is 15.3. The van der Waals surface area contributed by atoms with E-state index in [1.807, 2.05) is 0 Å². The highest BCUT2D eigenvalue weighted by Crippen LogP contribution is 2.29. The van der Waals surface area contributed by atoms with Gasteiger partial charge in [0.05, 0.1) is 14.2 Å². The molecule has 0 aliphatic carbocycles. The van der Waals surface area contributed by atoms with E-state index in [4.69, 9.17) is 9.47 Å². The summed E-state index contributed by atoms with van der Waals surface area (Å²) in [6.07, 6.45) is 29.9. The van der Waals surface area contributed by atoms with Gasteiger partial charge in [0.1, 0.15) is 11.5 Å². The van der Waals surface area contributed by atoms with Crippen molar-refractivity contribution in [2.45, 2.75) is 69.2 Å². The Bertz CT molecular complexity index is 1470. The zero-order valence-corrected chi connectivity index (χ0v) is 29.1. The molecule has 0 aliphatic rings. The molecule has 232 valence electrons. The van der Waals surface area contributed by atoms with Gasteiger partial charge in [-0.05, 0) is 126 Å². The molecule has 0 spiro atoms. The summed E-state index contributed by atoms with van der Waals surface area (Å²) in [6.45, 7) is 21.3. The van der Waals surface area contributed by atoms with Crippen LogP contribution in [-0.2, 0) is 0 Å². The Morgan fingerprint density at radius 1 is 0.455 bits per heavy atom. The van der Waals surface area contributed by atoms with Crippen LogP contribution < -0.4 is 9.47 Å². The topological polar surface area (TPSA) is 18.5 Å². The van der Waals surface area contributed by atoms with E-state index in [2.05, 4.69) is 166 Å². The van der Waals surface area contributed by atoms with Crippen LogP contribution in [0.15, 0.2) is 107 Å². The Kier molecular flexibility index (Phi) is 14.5. The van der Waals surface area contributed by atoms with Crippen molar-refractivity contribution in [1.82, 2.24) is 0 Å².